The number of carbonyl (C=O) groups is 2. The van der Waals surface area contributed by atoms with E-state index in [4.69, 9.17) is 11.6 Å². The molecule has 0 atom stereocenters. The van der Waals surface area contributed by atoms with Gasteiger partial charge in [0.2, 0.25) is 11.8 Å². The van der Waals surface area contributed by atoms with E-state index in [9.17, 15) is 9.59 Å². The summed E-state index contributed by atoms with van der Waals surface area (Å²) in [5.74, 6) is -0.0166. The summed E-state index contributed by atoms with van der Waals surface area (Å²) in [6.45, 7) is 1.81. The molecule has 0 aromatic heterocycles. The van der Waals surface area contributed by atoms with Crippen LogP contribution in [-0.2, 0) is 15.0 Å². The van der Waals surface area contributed by atoms with Gasteiger partial charge in [-0.15, -0.1) is 0 Å². The van der Waals surface area contributed by atoms with Crippen LogP contribution in [0, 0.1) is 0 Å². The SMILES string of the molecule is CCC(=O)Nc1ccc(NC(=O)C2(c3ccc(Cl)cc3)CCCC2)cc1. The predicted molar refractivity (Wildman–Crippen MR) is 106 cm³/mol. The van der Waals surface area contributed by atoms with Crippen LogP contribution < -0.4 is 10.6 Å². The topological polar surface area (TPSA) is 58.2 Å². The molecule has 3 rings (SSSR count). The van der Waals surface area contributed by atoms with E-state index in [1.54, 1.807) is 12.1 Å². The number of hydrogen-bond acceptors (Lipinski definition) is 2. The van der Waals surface area contributed by atoms with Crippen molar-refractivity contribution < 1.29 is 9.59 Å². The van der Waals surface area contributed by atoms with Crippen LogP contribution >= 0.6 is 11.6 Å². The Hall–Kier alpha value is -2.33. The largest absolute Gasteiger partial charge is 0.326 e. The molecular formula is C21H23ClN2O2. The Morgan fingerprint density at radius 1 is 0.923 bits per heavy atom. The first-order valence-corrected chi connectivity index (χ1v) is 9.39. The second-order valence-electron chi connectivity index (χ2n) is 6.73. The van der Waals surface area contributed by atoms with Crippen LogP contribution in [0.4, 0.5) is 11.4 Å². The van der Waals surface area contributed by atoms with Crippen LogP contribution in [0.2, 0.25) is 5.02 Å². The summed E-state index contributed by atoms with van der Waals surface area (Å²) in [6.07, 6.45) is 4.19. The van der Waals surface area contributed by atoms with Gasteiger partial charge in [0.15, 0.2) is 0 Å². The van der Waals surface area contributed by atoms with Crippen molar-refractivity contribution in [2.45, 2.75) is 44.4 Å². The van der Waals surface area contributed by atoms with Gasteiger partial charge in [-0.2, -0.15) is 0 Å². The minimum Gasteiger partial charge on any atom is -0.326 e. The summed E-state index contributed by atoms with van der Waals surface area (Å²) in [5.41, 5.74) is 1.97. The van der Waals surface area contributed by atoms with Crippen LogP contribution in [0.15, 0.2) is 48.5 Å². The Balaban J connectivity index is 1.76. The molecule has 2 N–H and O–H groups in total. The number of hydrogen-bond donors (Lipinski definition) is 2. The molecule has 2 aromatic rings. The number of nitrogens with one attached hydrogen (secondary N) is 2. The van der Waals surface area contributed by atoms with Crippen LogP contribution in [0.1, 0.15) is 44.6 Å². The Bertz CT molecular complexity index is 779. The maximum Gasteiger partial charge on any atom is 0.235 e. The molecule has 0 saturated heterocycles. The Morgan fingerprint density at radius 2 is 1.46 bits per heavy atom. The summed E-state index contributed by atoms with van der Waals surface area (Å²) in [7, 11) is 0. The molecule has 1 saturated carbocycles. The molecule has 4 nitrogen and oxygen atoms in total. The summed E-state index contributed by atoms with van der Waals surface area (Å²) >= 11 is 6.00. The van der Waals surface area contributed by atoms with Gasteiger partial charge in [0.1, 0.15) is 0 Å². The zero-order chi connectivity index (χ0) is 18.6. The second-order valence-corrected chi connectivity index (χ2v) is 7.17. The van der Waals surface area contributed by atoms with E-state index in [-0.39, 0.29) is 11.8 Å². The molecule has 26 heavy (non-hydrogen) atoms. The van der Waals surface area contributed by atoms with Crippen molar-refractivity contribution in [1.82, 2.24) is 0 Å². The fourth-order valence-corrected chi connectivity index (χ4v) is 3.66. The van der Waals surface area contributed by atoms with Crippen molar-refractivity contribution in [2.24, 2.45) is 0 Å². The van der Waals surface area contributed by atoms with Crippen molar-refractivity contribution >= 4 is 34.8 Å². The van der Waals surface area contributed by atoms with Crippen molar-refractivity contribution in [3.8, 4) is 0 Å². The molecular weight excluding hydrogens is 348 g/mol. The van der Waals surface area contributed by atoms with Crippen molar-refractivity contribution in [2.75, 3.05) is 10.6 Å². The average molecular weight is 371 g/mol. The van der Waals surface area contributed by atoms with Gasteiger partial charge in [-0.05, 0) is 54.8 Å². The third-order valence-electron chi connectivity index (χ3n) is 5.04. The highest BCUT2D eigenvalue weighted by atomic mass is 35.5. The van der Waals surface area contributed by atoms with Gasteiger partial charge in [0, 0.05) is 22.8 Å². The van der Waals surface area contributed by atoms with Crippen molar-refractivity contribution in [3.05, 3.63) is 59.1 Å². The first-order chi connectivity index (χ1) is 12.5. The lowest BCUT2D eigenvalue weighted by molar-refractivity contribution is -0.121. The maximum absolute atomic E-state index is 13.1. The van der Waals surface area contributed by atoms with Crippen LogP contribution in [0.3, 0.4) is 0 Å². The smallest absolute Gasteiger partial charge is 0.235 e. The van der Waals surface area contributed by atoms with Gasteiger partial charge in [0.25, 0.3) is 0 Å². The molecule has 2 aromatic carbocycles. The molecule has 0 radical (unpaired) electrons. The van der Waals surface area contributed by atoms with Gasteiger partial charge >= 0.3 is 0 Å². The molecule has 0 heterocycles. The molecule has 1 fully saturated rings. The number of carbonyl (C=O) groups excluding carboxylic acids is 2. The minimum atomic E-state index is -0.500. The first kappa shape index (κ1) is 18.5. The van der Waals surface area contributed by atoms with E-state index in [0.717, 1.165) is 42.6 Å². The van der Waals surface area contributed by atoms with Crippen molar-refractivity contribution in [1.29, 1.82) is 0 Å². The summed E-state index contributed by atoms with van der Waals surface area (Å²) in [4.78, 5) is 24.6. The molecule has 5 heteroatoms. The average Bonchev–Trinajstić information content (AvgIpc) is 3.15. The van der Waals surface area contributed by atoms with E-state index in [2.05, 4.69) is 10.6 Å². The third-order valence-corrected chi connectivity index (χ3v) is 5.29. The Labute approximate surface area is 158 Å². The standard InChI is InChI=1S/C21H23ClN2O2/c1-2-19(25)23-17-9-11-18(12-10-17)24-20(26)21(13-3-4-14-21)15-5-7-16(22)8-6-15/h5-12H,2-4,13-14H2,1H3,(H,23,25)(H,24,26). The lowest BCUT2D eigenvalue weighted by atomic mass is 9.78. The zero-order valence-corrected chi connectivity index (χ0v) is 15.6. The van der Waals surface area contributed by atoms with Gasteiger partial charge in [0.05, 0.1) is 5.41 Å². The van der Waals surface area contributed by atoms with Crippen LogP contribution in [-0.4, -0.2) is 11.8 Å². The van der Waals surface area contributed by atoms with Crippen molar-refractivity contribution in [3.63, 3.8) is 0 Å². The Morgan fingerprint density at radius 3 is 2.00 bits per heavy atom. The quantitative estimate of drug-likeness (QED) is 0.765. The van der Waals surface area contributed by atoms with Crippen LogP contribution in [0.25, 0.3) is 0 Å². The number of benzene rings is 2. The lowest BCUT2D eigenvalue weighted by Crippen LogP contribution is -2.37. The van der Waals surface area contributed by atoms with Gasteiger partial charge in [-0.25, -0.2) is 0 Å². The molecule has 1 aliphatic carbocycles. The minimum absolute atomic E-state index is 0.0164. The fraction of sp³-hybridized carbons (Fsp3) is 0.333. The predicted octanol–water partition coefficient (Wildman–Crippen LogP) is 5.14. The fourth-order valence-electron chi connectivity index (χ4n) is 3.53. The number of rotatable bonds is 5. The summed E-state index contributed by atoms with van der Waals surface area (Å²) in [6, 6.07) is 14.8. The zero-order valence-electron chi connectivity index (χ0n) is 14.8. The lowest BCUT2D eigenvalue weighted by Gasteiger charge is -2.28. The van der Waals surface area contributed by atoms with E-state index in [1.807, 2.05) is 43.3 Å². The molecule has 0 unspecified atom stereocenters. The molecule has 1 aliphatic rings. The second kappa shape index (κ2) is 7.92. The van der Waals surface area contributed by atoms with Gasteiger partial charge in [-0.1, -0.05) is 43.5 Å². The third kappa shape index (κ3) is 3.91. The number of amides is 2. The normalized spacial score (nSPS) is 15.5. The monoisotopic (exact) mass is 370 g/mol. The summed E-state index contributed by atoms with van der Waals surface area (Å²) < 4.78 is 0. The first-order valence-electron chi connectivity index (χ1n) is 9.01. The van der Waals surface area contributed by atoms with E-state index >= 15 is 0 Å². The molecule has 136 valence electrons. The number of halogens is 1. The molecule has 0 aliphatic heterocycles. The van der Waals surface area contributed by atoms with E-state index in [1.165, 1.54) is 0 Å². The van der Waals surface area contributed by atoms with E-state index in [0.29, 0.717) is 11.4 Å². The highest BCUT2D eigenvalue weighted by Crippen LogP contribution is 2.42. The summed E-state index contributed by atoms with van der Waals surface area (Å²) in [5, 5.41) is 6.52. The molecule has 2 amide bonds. The highest BCUT2D eigenvalue weighted by Gasteiger charge is 2.42. The maximum atomic E-state index is 13.1. The van der Waals surface area contributed by atoms with Gasteiger partial charge in [-0.3, -0.25) is 9.59 Å². The highest BCUT2D eigenvalue weighted by molar-refractivity contribution is 6.30. The van der Waals surface area contributed by atoms with E-state index < -0.39 is 5.41 Å². The van der Waals surface area contributed by atoms with Crippen LogP contribution in [0.5, 0.6) is 0 Å². The van der Waals surface area contributed by atoms with Gasteiger partial charge < -0.3 is 10.6 Å². The Kier molecular flexibility index (Phi) is 5.62. The molecule has 0 bridgehead atoms. The molecule has 0 spiro atoms. The number of anilines is 2.